The van der Waals surface area contributed by atoms with Crippen molar-refractivity contribution in [1.82, 2.24) is 9.78 Å². The maximum Gasteiger partial charge on any atom is 0.363 e. The number of esters is 1. The van der Waals surface area contributed by atoms with E-state index in [0.29, 0.717) is 0 Å². The van der Waals surface area contributed by atoms with Crippen molar-refractivity contribution < 1.29 is 23.5 Å². The Morgan fingerprint density at radius 3 is 2.46 bits per heavy atom. The fourth-order valence-corrected chi connectivity index (χ4v) is 2.43. The van der Waals surface area contributed by atoms with Gasteiger partial charge in [0, 0.05) is 0 Å². The van der Waals surface area contributed by atoms with Crippen molar-refractivity contribution in [1.29, 1.82) is 0 Å². The van der Waals surface area contributed by atoms with E-state index in [1.807, 2.05) is 30.3 Å². The average Bonchev–Trinajstić information content (AvgIpc) is 3.15. The summed E-state index contributed by atoms with van der Waals surface area (Å²) in [6.45, 7) is 1.38. The monoisotopic (exact) mass is 383 g/mol. The smallest absolute Gasteiger partial charge is 0.363 e. The van der Waals surface area contributed by atoms with Crippen LogP contribution in [0.3, 0.4) is 0 Å². The molecule has 1 heterocycles. The Morgan fingerprint density at radius 1 is 1.11 bits per heavy atom. The third-order valence-corrected chi connectivity index (χ3v) is 3.90. The Labute approximate surface area is 160 Å². The number of nitrogens with zero attached hydrogens (tertiary/aromatic N) is 2. The maximum absolute atomic E-state index is 13.7. The highest BCUT2D eigenvalue weighted by atomic mass is 19.1. The molecule has 1 N–H and O–H groups in total. The number of rotatable bonds is 6. The molecule has 0 radical (unpaired) electrons. The van der Waals surface area contributed by atoms with E-state index in [2.05, 4.69) is 10.4 Å². The largest absolute Gasteiger partial charge is 0.493 e. The van der Waals surface area contributed by atoms with Crippen LogP contribution in [0.2, 0.25) is 0 Å². The number of hydrogen-bond donors (Lipinski definition) is 1. The number of aromatic nitrogens is 2. The molecular weight excluding hydrogens is 365 g/mol. The fraction of sp³-hybridized carbons (Fsp3) is 0.150. The van der Waals surface area contributed by atoms with Gasteiger partial charge in [-0.3, -0.25) is 4.79 Å². The molecule has 0 aliphatic carbocycles. The molecule has 28 heavy (non-hydrogen) atoms. The van der Waals surface area contributed by atoms with E-state index in [4.69, 9.17) is 9.47 Å². The van der Waals surface area contributed by atoms with Crippen molar-refractivity contribution in [2.75, 3.05) is 12.4 Å². The van der Waals surface area contributed by atoms with E-state index in [1.165, 1.54) is 43.1 Å². The molecule has 1 aromatic heterocycles. The molecule has 0 unspecified atom stereocenters. The zero-order valence-electron chi connectivity index (χ0n) is 15.3. The second-order valence-electron chi connectivity index (χ2n) is 5.84. The highest BCUT2D eigenvalue weighted by molar-refractivity contribution is 5.97. The van der Waals surface area contributed by atoms with E-state index in [-0.39, 0.29) is 17.1 Å². The number of benzene rings is 2. The SMILES string of the molecule is COc1cn(-c2ccccc2)nc1C(=O)O[C@@H](C)C(=O)Nc1ccccc1F. The van der Waals surface area contributed by atoms with Gasteiger partial charge in [0.15, 0.2) is 11.9 Å². The molecule has 0 bridgehead atoms. The van der Waals surface area contributed by atoms with Crippen LogP contribution in [0.4, 0.5) is 10.1 Å². The number of anilines is 1. The second-order valence-corrected chi connectivity index (χ2v) is 5.84. The number of para-hydroxylation sites is 2. The van der Waals surface area contributed by atoms with Gasteiger partial charge >= 0.3 is 5.97 Å². The number of hydrogen-bond acceptors (Lipinski definition) is 5. The minimum Gasteiger partial charge on any atom is -0.493 e. The van der Waals surface area contributed by atoms with Gasteiger partial charge in [-0.2, -0.15) is 5.10 Å². The third-order valence-electron chi connectivity index (χ3n) is 3.90. The van der Waals surface area contributed by atoms with E-state index >= 15 is 0 Å². The van der Waals surface area contributed by atoms with Gasteiger partial charge in [0.1, 0.15) is 5.82 Å². The molecule has 7 nitrogen and oxygen atoms in total. The molecule has 3 aromatic rings. The predicted octanol–water partition coefficient (Wildman–Crippen LogP) is 3.20. The first kappa shape index (κ1) is 19.1. The second kappa shape index (κ2) is 8.34. The first-order chi connectivity index (χ1) is 13.5. The van der Waals surface area contributed by atoms with Crippen LogP contribution in [-0.2, 0) is 9.53 Å². The van der Waals surface area contributed by atoms with Crippen molar-refractivity contribution >= 4 is 17.6 Å². The number of methoxy groups -OCH3 is 1. The molecule has 0 spiro atoms. The van der Waals surface area contributed by atoms with Crippen LogP contribution in [0, 0.1) is 5.82 Å². The summed E-state index contributed by atoms with van der Waals surface area (Å²) in [5.74, 6) is -1.88. The van der Waals surface area contributed by atoms with E-state index in [1.54, 1.807) is 6.07 Å². The van der Waals surface area contributed by atoms with Crippen LogP contribution in [-0.4, -0.2) is 34.9 Å². The summed E-state index contributed by atoms with van der Waals surface area (Å²) in [5, 5.41) is 6.57. The minimum atomic E-state index is -1.17. The molecule has 1 amide bonds. The summed E-state index contributed by atoms with van der Waals surface area (Å²) in [6, 6.07) is 14.8. The lowest BCUT2D eigenvalue weighted by Crippen LogP contribution is -2.30. The predicted molar refractivity (Wildman–Crippen MR) is 100 cm³/mol. The fourth-order valence-electron chi connectivity index (χ4n) is 2.43. The summed E-state index contributed by atoms with van der Waals surface area (Å²) in [6.07, 6.45) is 0.370. The Morgan fingerprint density at radius 2 is 1.79 bits per heavy atom. The first-order valence-electron chi connectivity index (χ1n) is 8.45. The molecular formula is C20H18FN3O4. The Kier molecular flexibility index (Phi) is 5.69. The van der Waals surface area contributed by atoms with Gasteiger partial charge in [-0.1, -0.05) is 30.3 Å². The number of nitrogens with one attached hydrogen (secondary N) is 1. The maximum atomic E-state index is 13.7. The molecule has 0 saturated carbocycles. The van der Waals surface area contributed by atoms with Gasteiger partial charge in [0.25, 0.3) is 5.91 Å². The molecule has 2 aromatic carbocycles. The van der Waals surface area contributed by atoms with E-state index in [9.17, 15) is 14.0 Å². The van der Waals surface area contributed by atoms with Gasteiger partial charge in [0.2, 0.25) is 5.69 Å². The van der Waals surface area contributed by atoms with Gasteiger partial charge in [0.05, 0.1) is 24.7 Å². The van der Waals surface area contributed by atoms with Crippen molar-refractivity contribution in [3.63, 3.8) is 0 Å². The summed E-state index contributed by atoms with van der Waals surface area (Å²) in [7, 11) is 1.40. The van der Waals surface area contributed by atoms with Crippen LogP contribution < -0.4 is 10.1 Å². The highest BCUT2D eigenvalue weighted by Gasteiger charge is 2.25. The molecule has 0 fully saturated rings. The topological polar surface area (TPSA) is 82.5 Å². The average molecular weight is 383 g/mol. The molecule has 144 valence electrons. The number of carbonyl (C=O) groups is 2. The summed E-state index contributed by atoms with van der Waals surface area (Å²) in [4.78, 5) is 24.7. The van der Waals surface area contributed by atoms with Crippen molar-refractivity contribution in [2.45, 2.75) is 13.0 Å². The van der Waals surface area contributed by atoms with Crippen molar-refractivity contribution in [3.8, 4) is 11.4 Å². The van der Waals surface area contributed by atoms with Gasteiger partial charge < -0.3 is 14.8 Å². The lowest BCUT2D eigenvalue weighted by atomic mass is 10.3. The van der Waals surface area contributed by atoms with Crippen LogP contribution in [0.25, 0.3) is 5.69 Å². The third kappa shape index (κ3) is 4.17. The summed E-state index contributed by atoms with van der Waals surface area (Å²) >= 11 is 0. The van der Waals surface area contributed by atoms with Gasteiger partial charge in [-0.15, -0.1) is 0 Å². The number of carbonyl (C=O) groups excluding carboxylic acids is 2. The lowest BCUT2D eigenvalue weighted by molar-refractivity contribution is -0.123. The number of amides is 1. The lowest BCUT2D eigenvalue weighted by Gasteiger charge is -2.13. The molecule has 1 atom stereocenters. The van der Waals surface area contributed by atoms with Crippen molar-refractivity contribution in [2.24, 2.45) is 0 Å². The Bertz CT molecular complexity index is 988. The quantitative estimate of drug-likeness (QED) is 0.661. The molecule has 3 rings (SSSR count). The van der Waals surface area contributed by atoms with Crippen LogP contribution in [0.15, 0.2) is 60.8 Å². The zero-order chi connectivity index (χ0) is 20.1. The highest BCUT2D eigenvalue weighted by Crippen LogP contribution is 2.21. The van der Waals surface area contributed by atoms with Gasteiger partial charge in [-0.25, -0.2) is 13.9 Å². The van der Waals surface area contributed by atoms with E-state index in [0.717, 1.165) is 5.69 Å². The molecule has 0 aliphatic rings. The van der Waals surface area contributed by atoms with Crippen LogP contribution in [0.5, 0.6) is 5.75 Å². The first-order valence-corrected chi connectivity index (χ1v) is 8.45. The molecule has 0 saturated heterocycles. The molecule has 0 aliphatic heterocycles. The van der Waals surface area contributed by atoms with Crippen LogP contribution in [0.1, 0.15) is 17.4 Å². The molecule has 8 heteroatoms. The van der Waals surface area contributed by atoms with E-state index < -0.39 is 23.8 Å². The minimum absolute atomic E-state index is 0.00124. The van der Waals surface area contributed by atoms with Crippen LogP contribution >= 0.6 is 0 Å². The van der Waals surface area contributed by atoms with Crippen molar-refractivity contribution in [3.05, 3.63) is 72.3 Å². The number of halogens is 1. The summed E-state index contributed by atoms with van der Waals surface area (Å²) in [5.41, 5.74) is 0.656. The normalized spacial score (nSPS) is 11.5. The number of ether oxygens (including phenoxy) is 2. The van der Waals surface area contributed by atoms with Gasteiger partial charge in [-0.05, 0) is 31.2 Å². The Balaban J connectivity index is 1.72. The standard InChI is InChI=1S/C20H18FN3O4/c1-13(19(25)22-16-11-7-6-10-15(16)21)28-20(26)18-17(27-2)12-24(23-18)14-8-4-3-5-9-14/h3-13H,1-2H3,(H,22,25)/t13-/m0/s1. The summed E-state index contributed by atoms with van der Waals surface area (Å²) < 4.78 is 25.5. The Hall–Kier alpha value is -3.68. The zero-order valence-corrected chi connectivity index (χ0v) is 15.3.